The van der Waals surface area contributed by atoms with Crippen molar-refractivity contribution in [3.05, 3.63) is 0 Å². The summed E-state index contributed by atoms with van der Waals surface area (Å²) in [6.45, 7) is 4.07. The lowest BCUT2D eigenvalue weighted by Crippen LogP contribution is -2.48. The molecule has 4 heteroatoms. The molecular weight excluding hydrogens is 220 g/mol. The molecule has 3 fully saturated rings. The van der Waals surface area contributed by atoms with Crippen molar-refractivity contribution in [3.63, 3.8) is 0 Å². The van der Waals surface area contributed by atoms with Crippen LogP contribution in [0.4, 0.5) is 0 Å². The Morgan fingerprint density at radius 2 is 2.31 bits per heavy atom. The lowest BCUT2D eigenvalue weighted by molar-refractivity contribution is 0.0555. The van der Waals surface area contributed by atoms with Gasteiger partial charge in [-0.15, -0.1) is 0 Å². The van der Waals surface area contributed by atoms with Gasteiger partial charge in [0.1, 0.15) is 0 Å². The van der Waals surface area contributed by atoms with Crippen LogP contribution in [-0.2, 0) is 4.74 Å². The first kappa shape index (κ1) is 10.9. The standard InChI is InChI=1S/C12H20N2OS/c1-2-9-7-10(9)13-11-14-12(8-16-11)3-5-15-6-4-12/h9-10H,2-8H2,1H3,(H,13,14). The van der Waals surface area contributed by atoms with Crippen molar-refractivity contribution in [3.8, 4) is 0 Å². The second kappa shape index (κ2) is 4.22. The van der Waals surface area contributed by atoms with E-state index in [9.17, 15) is 0 Å². The second-order valence-corrected chi connectivity index (χ2v) is 6.18. The summed E-state index contributed by atoms with van der Waals surface area (Å²) in [7, 11) is 0. The Morgan fingerprint density at radius 1 is 1.50 bits per heavy atom. The van der Waals surface area contributed by atoms with Gasteiger partial charge in [-0.05, 0) is 25.2 Å². The maximum Gasteiger partial charge on any atom is 0.157 e. The molecule has 0 aromatic carbocycles. The zero-order valence-electron chi connectivity index (χ0n) is 9.87. The summed E-state index contributed by atoms with van der Waals surface area (Å²) in [6.07, 6.45) is 4.87. The van der Waals surface area contributed by atoms with Crippen LogP contribution in [0.15, 0.2) is 4.99 Å². The van der Waals surface area contributed by atoms with E-state index in [4.69, 9.17) is 9.73 Å². The van der Waals surface area contributed by atoms with Gasteiger partial charge in [0.15, 0.2) is 5.17 Å². The average molecular weight is 240 g/mol. The molecule has 3 aliphatic rings. The third kappa shape index (κ3) is 2.09. The van der Waals surface area contributed by atoms with Gasteiger partial charge in [-0.3, -0.25) is 4.99 Å². The van der Waals surface area contributed by atoms with Crippen molar-refractivity contribution in [1.82, 2.24) is 5.32 Å². The zero-order chi connectivity index (χ0) is 11.0. The molecule has 2 aliphatic heterocycles. The molecule has 90 valence electrons. The molecule has 1 aliphatic carbocycles. The summed E-state index contributed by atoms with van der Waals surface area (Å²) in [5.41, 5.74) is 0.304. The van der Waals surface area contributed by atoms with Crippen LogP contribution in [0.1, 0.15) is 32.6 Å². The summed E-state index contributed by atoms with van der Waals surface area (Å²) in [5, 5.41) is 4.85. The summed E-state index contributed by atoms with van der Waals surface area (Å²) in [5.74, 6) is 2.04. The summed E-state index contributed by atoms with van der Waals surface area (Å²) >= 11 is 1.91. The smallest absolute Gasteiger partial charge is 0.157 e. The highest BCUT2D eigenvalue weighted by molar-refractivity contribution is 8.14. The molecular formula is C12H20N2OS. The molecule has 3 rings (SSSR count). The molecule has 0 aromatic heterocycles. The number of thioether (sulfide) groups is 1. The number of nitrogens with zero attached hydrogens (tertiary/aromatic N) is 1. The zero-order valence-corrected chi connectivity index (χ0v) is 10.7. The van der Waals surface area contributed by atoms with E-state index < -0.39 is 0 Å². The molecule has 1 N–H and O–H groups in total. The normalized spacial score (nSPS) is 38.9. The molecule has 0 aromatic rings. The van der Waals surface area contributed by atoms with Gasteiger partial charge in [-0.1, -0.05) is 25.1 Å². The van der Waals surface area contributed by atoms with Crippen LogP contribution in [0, 0.1) is 5.92 Å². The maximum absolute atomic E-state index is 5.43. The van der Waals surface area contributed by atoms with Gasteiger partial charge in [0.05, 0.1) is 11.6 Å². The van der Waals surface area contributed by atoms with Gasteiger partial charge in [-0.2, -0.15) is 0 Å². The van der Waals surface area contributed by atoms with Crippen LogP contribution in [-0.4, -0.2) is 35.7 Å². The minimum Gasteiger partial charge on any atom is -0.381 e. The van der Waals surface area contributed by atoms with Crippen LogP contribution in [0.3, 0.4) is 0 Å². The highest BCUT2D eigenvalue weighted by Gasteiger charge is 2.41. The first-order valence-corrected chi connectivity index (χ1v) is 7.36. The molecule has 16 heavy (non-hydrogen) atoms. The van der Waals surface area contributed by atoms with Crippen LogP contribution in [0.2, 0.25) is 0 Å². The number of rotatable bonds is 2. The predicted molar refractivity (Wildman–Crippen MR) is 68.0 cm³/mol. The summed E-state index contributed by atoms with van der Waals surface area (Å²) in [6, 6.07) is 0.620. The fraction of sp³-hybridized carbons (Fsp3) is 0.917. The number of hydrogen-bond acceptors (Lipinski definition) is 3. The lowest BCUT2D eigenvalue weighted by atomic mass is 9.93. The highest BCUT2D eigenvalue weighted by Crippen LogP contribution is 2.39. The van der Waals surface area contributed by atoms with Gasteiger partial charge in [-0.25, -0.2) is 0 Å². The SMILES string of the molecule is CCC1CC1N=C1NC2(CCOCC2)CS1. The first-order valence-electron chi connectivity index (χ1n) is 6.38. The van der Waals surface area contributed by atoms with Gasteiger partial charge in [0, 0.05) is 19.0 Å². The third-order valence-corrected chi connectivity index (χ3v) is 5.18. The van der Waals surface area contributed by atoms with Crippen LogP contribution in [0.5, 0.6) is 0 Å². The van der Waals surface area contributed by atoms with Gasteiger partial charge >= 0.3 is 0 Å². The third-order valence-electron chi connectivity index (χ3n) is 4.00. The molecule has 1 saturated carbocycles. The Bertz CT molecular complexity index is 299. The van der Waals surface area contributed by atoms with E-state index in [1.165, 1.54) is 23.8 Å². The van der Waals surface area contributed by atoms with E-state index in [0.717, 1.165) is 32.0 Å². The topological polar surface area (TPSA) is 33.6 Å². The Hall–Kier alpha value is -0.220. The van der Waals surface area contributed by atoms with E-state index in [-0.39, 0.29) is 0 Å². The number of hydrogen-bond donors (Lipinski definition) is 1. The predicted octanol–water partition coefficient (Wildman–Crippen LogP) is 2.03. The fourth-order valence-electron chi connectivity index (χ4n) is 2.59. The first-order chi connectivity index (χ1) is 7.81. The van der Waals surface area contributed by atoms with Crippen molar-refractivity contribution in [2.24, 2.45) is 10.9 Å². The van der Waals surface area contributed by atoms with E-state index >= 15 is 0 Å². The number of amidine groups is 1. The van der Waals surface area contributed by atoms with E-state index in [2.05, 4.69) is 12.2 Å². The van der Waals surface area contributed by atoms with Crippen molar-refractivity contribution in [2.45, 2.75) is 44.2 Å². The van der Waals surface area contributed by atoms with E-state index in [0.29, 0.717) is 11.6 Å². The fourth-order valence-corrected chi connectivity index (χ4v) is 3.86. The number of aliphatic imine (C=N–C) groups is 1. The van der Waals surface area contributed by atoms with Crippen LogP contribution < -0.4 is 5.32 Å². The van der Waals surface area contributed by atoms with Crippen LogP contribution in [0.25, 0.3) is 0 Å². The quantitative estimate of drug-likeness (QED) is 0.802. The molecule has 2 saturated heterocycles. The van der Waals surface area contributed by atoms with Gasteiger partial charge in [0.25, 0.3) is 0 Å². The van der Waals surface area contributed by atoms with Crippen molar-refractivity contribution < 1.29 is 4.74 Å². The summed E-state index contributed by atoms with van der Waals surface area (Å²) < 4.78 is 5.43. The Balaban J connectivity index is 1.60. The molecule has 0 radical (unpaired) electrons. The lowest BCUT2D eigenvalue weighted by Gasteiger charge is -2.32. The average Bonchev–Trinajstić information content (AvgIpc) is 2.96. The molecule has 3 nitrogen and oxygen atoms in total. The Labute approximate surface area is 101 Å². The minimum atomic E-state index is 0.304. The maximum atomic E-state index is 5.43. The largest absolute Gasteiger partial charge is 0.381 e. The van der Waals surface area contributed by atoms with E-state index in [1.807, 2.05) is 11.8 Å². The Morgan fingerprint density at radius 3 is 3.00 bits per heavy atom. The molecule has 0 bridgehead atoms. The summed E-state index contributed by atoms with van der Waals surface area (Å²) in [4.78, 5) is 4.82. The molecule has 0 amide bonds. The highest BCUT2D eigenvalue weighted by atomic mass is 32.2. The number of nitrogens with one attached hydrogen (secondary N) is 1. The Kier molecular flexibility index (Phi) is 2.88. The van der Waals surface area contributed by atoms with Crippen molar-refractivity contribution in [1.29, 1.82) is 0 Å². The van der Waals surface area contributed by atoms with Crippen molar-refractivity contribution >= 4 is 16.9 Å². The van der Waals surface area contributed by atoms with Crippen molar-refractivity contribution in [2.75, 3.05) is 19.0 Å². The van der Waals surface area contributed by atoms with Gasteiger partial charge < -0.3 is 10.1 Å². The molecule has 2 unspecified atom stereocenters. The van der Waals surface area contributed by atoms with E-state index in [1.54, 1.807) is 0 Å². The minimum absolute atomic E-state index is 0.304. The molecule has 1 spiro atoms. The van der Waals surface area contributed by atoms with Gasteiger partial charge in [0.2, 0.25) is 0 Å². The molecule has 2 heterocycles. The second-order valence-electron chi connectivity index (χ2n) is 5.21. The number of ether oxygens (including phenoxy) is 1. The monoisotopic (exact) mass is 240 g/mol. The molecule has 2 atom stereocenters. The van der Waals surface area contributed by atoms with Crippen LogP contribution >= 0.6 is 11.8 Å².